The molecule has 3 aromatic rings. The molecule has 9 heteroatoms. The van der Waals surface area contributed by atoms with Gasteiger partial charge in [0.15, 0.2) is 0 Å². The molecule has 8 nitrogen and oxygen atoms in total. The second-order valence-corrected chi connectivity index (χ2v) is 9.47. The minimum Gasteiger partial charge on any atom is -0.337 e. The lowest BCUT2D eigenvalue weighted by molar-refractivity contribution is -0.128. The first-order chi connectivity index (χ1) is 14.0. The molecule has 29 heavy (non-hydrogen) atoms. The fourth-order valence-corrected chi connectivity index (χ4v) is 5.70. The Kier molecular flexibility index (Phi) is 4.36. The Hall–Kier alpha value is -2.78. The monoisotopic (exact) mass is 411 g/mol. The van der Waals surface area contributed by atoms with Gasteiger partial charge >= 0.3 is 0 Å². The average molecular weight is 411 g/mol. The number of carbonyl (C=O) groups excluding carboxylic acids is 1. The highest BCUT2D eigenvalue weighted by Crippen LogP contribution is 2.31. The maximum Gasteiger partial charge on any atom is 0.243 e. The third-order valence-corrected chi connectivity index (χ3v) is 7.54. The molecule has 2 aromatic carbocycles. The summed E-state index contributed by atoms with van der Waals surface area (Å²) < 4.78 is 29.4. The molecule has 1 amide bonds. The van der Waals surface area contributed by atoms with E-state index in [-0.39, 0.29) is 11.9 Å². The van der Waals surface area contributed by atoms with Crippen molar-refractivity contribution in [1.82, 2.24) is 24.2 Å². The zero-order chi connectivity index (χ0) is 20.0. The summed E-state index contributed by atoms with van der Waals surface area (Å²) in [6, 6.07) is 12.8. The standard InChI is InChI=1S/C20H21N5O3S/c26-20-9-4-10-23(20)11-16-12-25(22-21-16)17-13-24(14-17)29(27,28)19-8-3-6-15-5-1-2-7-18(15)19/h1-3,5-8,12,17H,4,9-11,13-14H2. The van der Waals surface area contributed by atoms with Crippen LogP contribution in [0.15, 0.2) is 53.6 Å². The molecule has 0 bridgehead atoms. The normalized spacial score (nSPS) is 18.5. The second kappa shape index (κ2) is 6.93. The predicted molar refractivity (Wildman–Crippen MR) is 106 cm³/mol. The smallest absolute Gasteiger partial charge is 0.243 e. The number of nitrogens with zero attached hydrogens (tertiary/aromatic N) is 5. The minimum absolute atomic E-state index is 0.0460. The van der Waals surface area contributed by atoms with Crippen LogP contribution in [0.4, 0.5) is 0 Å². The van der Waals surface area contributed by atoms with E-state index < -0.39 is 10.0 Å². The van der Waals surface area contributed by atoms with Crippen LogP contribution in [-0.4, -0.2) is 58.2 Å². The molecule has 0 saturated carbocycles. The Morgan fingerprint density at radius 2 is 1.86 bits per heavy atom. The second-order valence-electron chi connectivity index (χ2n) is 7.56. The van der Waals surface area contributed by atoms with Gasteiger partial charge in [-0.3, -0.25) is 4.79 Å². The lowest BCUT2D eigenvalue weighted by atomic mass is 10.1. The summed E-state index contributed by atoms with van der Waals surface area (Å²) in [7, 11) is -3.57. The molecule has 3 heterocycles. The Bertz CT molecular complexity index is 1180. The molecule has 1 aromatic heterocycles. The van der Waals surface area contributed by atoms with E-state index in [1.54, 1.807) is 21.7 Å². The van der Waals surface area contributed by atoms with Crippen molar-refractivity contribution >= 4 is 26.7 Å². The van der Waals surface area contributed by atoms with Gasteiger partial charge in [-0.1, -0.05) is 41.6 Å². The van der Waals surface area contributed by atoms with Crippen molar-refractivity contribution in [3.05, 3.63) is 54.4 Å². The Balaban J connectivity index is 1.30. The first-order valence-electron chi connectivity index (χ1n) is 9.69. The van der Waals surface area contributed by atoms with Crippen molar-refractivity contribution in [2.24, 2.45) is 0 Å². The zero-order valence-electron chi connectivity index (χ0n) is 15.8. The lowest BCUT2D eigenvalue weighted by Gasteiger charge is -2.37. The highest BCUT2D eigenvalue weighted by atomic mass is 32.2. The van der Waals surface area contributed by atoms with E-state index >= 15 is 0 Å². The largest absolute Gasteiger partial charge is 0.337 e. The summed E-state index contributed by atoms with van der Waals surface area (Å²) >= 11 is 0. The van der Waals surface area contributed by atoms with Gasteiger partial charge in [0.05, 0.1) is 23.7 Å². The maximum atomic E-state index is 13.1. The summed E-state index contributed by atoms with van der Waals surface area (Å²) in [6.45, 7) is 1.93. The van der Waals surface area contributed by atoms with Gasteiger partial charge in [0, 0.05) is 31.4 Å². The van der Waals surface area contributed by atoms with Crippen molar-refractivity contribution in [3.63, 3.8) is 0 Å². The molecule has 2 fully saturated rings. The number of aromatic nitrogens is 3. The molecule has 5 rings (SSSR count). The maximum absolute atomic E-state index is 13.1. The van der Waals surface area contributed by atoms with Gasteiger partial charge in [0.2, 0.25) is 15.9 Å². The van der Waals surface area contributed by atoms with Gasteiger partial charge in [-0.05, 0) is 17.9 Å². The molecule has 0 spiro atoms. The van der Waals surface area contributed by atoms with E-state index in [0.29, 0.717) is 31.0 Å². The van der Waals surface area contributed by atoms with Crippen molar-refractivity contribution < 1.29 is 13.2 Å². The van der Waals surface area contributed by atoms with Crippen LogP contribution in [0.2, 0.25) is 0 Å². The highest BCUT2D eigenvalue weighted by Gasteiger charge is 2.39. The molecule has 0 atom stereocenters. The summed E-state index contributed by atoms with van der Waals surface area (Å²) in [6.07, 6.45) is 3.30. The summed E-state index contributed by atoms with van der Waals surface area (Å²) in [5.74, 6) is 0.149. The molecular weight excluding hydrogens is 390 g/mol. The topological polar surface area (TPSA) is 88.4 Å². The van der Waals surface area contributed by atoms with Gasteiger partial charge in [-0.2, -0.15) is 4.31 Å². The van der Waals surface area contributed by atoms with Gasteiger partial charge < -0.3 is 4.90 Å². The van der Waals surface area contributed by atoms with Crippen molar-refractivity contribution in [2.75, 3.05) is 19.6 Å². The number of amides is 1. The summed E-state index contributed by atoms with van der Waals surface area (Å²) in [4.78, 5) is 13.9. The number of likely N-dealkylation sites (tertiary alicyclic amines) is 1. The number of carbonyl (C=O) groups is 1. The first-order valence-corrected chi connectivity index (χ1v) is 11.1. The molecule has 2 aliphatic rings. The molecule has 2 saturated heterocycles. The van der Waals surface area contributed by atoms with E-state index in [1.165, 1.54) is 4.31 Å². The van der Waals surface area contributed by atoms with Crippen LogP contribution in [0.1, 0.15) is 24.6 Å². The molecular formula is C20H21N5O3S. The predicted octanol–water partition coefficient (Wildman–Crippen LogP) is 1.80. The van der Waals surface area contributed by atoms with Crippen LogP contribution < -0.4 is 0 Å². The fraction of sp³-hybridized carbons (Fsp3) is 0.350. The van der Waals surface area contributed by atoms with Gasteiger partial charge in [0.25, 0.3) is 0 Å². The van der Waals surface area contributed by atoms with Gasteiger partial charge in [-0.15, -0.1) is 5.10 Å². The lowest BCUT2D eigenvalue weighted by Crippen LogP contribution is -2.50. The molecule has 0 unspecified atom stereocenters. The van der Waals surface area contributed by atoms with Crippen LogP contribution in [0, 0.1) is 0 Å². The third-order valence-electron chi connectivity index (χ3n) is 5.65. The quantitative estimate of drug-likeness (QED) is 0.639. The van der Waals surface area contributed by atoms with E-state index in [1.807, 2.05) is 36.5 Å². The number of hydrogen-bond acceptors (Lipinski definition) is 5. The fourth-order valence-electron chi connectivity index (χ4n) is 3.97. The number of fused-ring (bicyclic) bond motifs is 1. The molecule has 2 aliphatic heterocycles. The van der Waals surface area contributed by atoms with Gasteiger partial charge in [0.1, 0.15) is 5.69 Å². The van der Waals surface area contributed by atoms with E-state index in [9.17, 15) is 13.2 Å². The number of rotatable bonds is 5. The van der Waals surface area contributed by atoms with E-state index in [4.69, 9.17) is 0 Å². The molecule has 150 valence electrons. The summed E-state index contributed by atoms with van der Waals surface area (Å²) in [5.41, 5.74) is 0.732. The van der Waals surface area contributed by atoms with Crippen LogP contribution in [-0.2, 0) is 21.4 Å². The zero-order valence-corrected chi connectivity index (χ0v) is 16.6. The first kappa shape index (κ1) is 18.3. The van der Waals surface area contributed by atoms with Crippen LogP contribution in [0.25, 0.3) is 10.8 Å². The van der Waals surface area contributed by atoms with Crippen molar-refractivity contribution in [1.29, 1.82) is 0 Å². The minimum atomic E-state index is -3.57. The van der Waals surface area contributed by atoms with E-state index in [0.717, 1.165) is 29.4 Å². The summed E-state index contributed by atoms with van der Waals surface area (Å²) in [5, 5.41) is 9.94. The molecule has 0 radical (unpaired) electrons. The van der Waals surface area contributed by atoms with Crippen LogP contribution in [0.5, 0.6) is 0 Å². The highest BCUT2D eigenvalue weighted by molar-refractivity contribution is 7.89. The Morgan fingerprint density at radius 3 is 2.66 bits per heavy atom. The third kappa shape index (κ3) is 3.20. The Morgan fingerprint density at radius 1 is 1.07 bits per heavy atom. The van der Waals surface area contributed by atoms with E-state index in [2.05, 4.69) is 10.3 Å². The molecule has 0 N–H and O–H groups in total. The molecule has 0 aliphatic carbocycles. The van der Waals surface area contributed by atoms with Crippen LogP contribution >= 0.6 is 0 Å². The van der Waals surface area contributed by atoms with Crippen molar-refractivity contribution in [2.45, 2.75) is 30.3 Å². The number of sulfonamides is 1. The van der Waals surface area contributed by atoms with Crippen molar-refractivity contribution in [3.8, 4) is 0 Å². The Labute approximate surface area is 168 Å². The average Bonchev–Trinajstić information content (AvgIpc) is 3.29. The number of benzene rings is 2. The van der Waals surface area contributed by atoms with Crippen LogP contribution in [0.3, 0.4) is 0 Å². The SMILES string of the molecule is O=C1CCCN1Cc1cn(C2CN(S(=O)(=O)c3cccc4ccccc34)C2)nn1. The van der Waals surface area contributed by atoms with Gasteiger partial charge in [-0.25, -0.2) is 13.1 Å². The number of hydrogen-bond donors (Lipinski definition) is 0.